The average molecular weight is 577 g/mol. The summed E-state index contributed by atoms with van der Waals surface area (Å²) >= 11 is 1.72. The highest BCUT2D eigenvalue weighted by Gasteiger charge is 2.06. The van der Waals surface area contributed by atoms with Crippen LogP contribution in [0.25, 0.3) is 10.8 Å². The Morgan fingerprint density at radius 2 is 1.91 bits per heavy atom. The summed E-state index contributed by atoms with van der Waals surface area (Å²) in [6, 6.07) is 18.7. The Morgan fingerprint density at radius 3 is 2.67 bits per heavy atom. The molecule has 174 valence electrons. The van der Waals surface area contributed by atoms with Gasteiger partial charge in [-0.15, -0.1) is 45.5 Å². The minimum atomic E-state index is 0. The fourth-order valence-electron chi connectivity index (χ4n) is 3.22. The number of hydrogen-bond donors (Lipinski definition) is 2. The number of nitrogens with zero attached hydrogens (tertiary/aromatic N) is 4. The molecule has 0 atom stereocenters. The van der Waals surface area contributed by atoms with Crippen molar-refractivity contribution in [3.8, 4) is 5.75 Å². The molecule has 9 heteroatoms. The molecular formula is C24H29IN6OS. The number of nitrogens with one attached hydrogen (secondary N) is 2. The summed E-state index contributed by atoms with van der Waals surface area (Å²) in [5, 5.41) is 19.6. The van der Waals surface area contributed by atoms with Gasteiger partial charge < -0.3 is 19.9 Å². The lowest BCUT2D eigenvalue weighted by molar-refractivity contribution is 0.311. The second-order valence-corrected chi connectivity index (χ2v) is 8.49. The summed E-state index contributed by atoms with van der Waals surface area (Å²) in [4.78, 5) is 5.95. The van der Waals surface area contributed by atoms with Crippen LogP contribution in [0.4, 0.5) is 0 Å². The third kappa shape index (κ3) is 7.16. The van der Waals surface area contributed by atoms with Crippen LogP contribution in [0.1, 0.15) is 22.9 Å². The van der Waals surface area contributed by atoms with Crippen LogP contribution in [-0.2, 0) is 20.1 Å². The fraction of sp³-hybridized carbons (Fsp3) is 0.292. The van der Waals surface area contributed by atoms with E-state index in [0.29, 0.717) is 13.2 Å². The molecule has 0 bridgehead atoms. The van der Waals surface area contributed by atoms with Crippen molar-refractivity contribution in [1.29, 1.82) is 0 Å². The Bertz CT molecular complexity index is 1170. The van der Waals surface area contributed by atoms with E-state index in [4.69, 9.17) is 9.73 Å². The van der Waals surface area contributed by atoms with Gasteiger partial charge in [0.05, 0.1) is 13.2 Å². The number of aromatic nitrogens is 3. The second-order valence-electron chi connectivity index (χ2n) is 7.46. The number of ether oxygens (including phenoxy) is 1. The molecule has 0 unspecified atom stereocenters. The highest BCUT2D eigenvalue weighted by molar-refractivity contribution is 14.0. The number of fused-ring (bicyclic) bond motifs is 1. The van der Waals surface area contributed by atoms with Gasteiger partial charge in [0.1, 0.15) is 18.1 Å². The summed E-state index contributed by atoms with van der Waals surface area (Å²) in [5.74, 6) is 3.36. The molecule has 0 aliphatic rings. The van der Waals surface area contributed by atoms with E-state index in [1.54, 1.807) is 11.3 Å². The molecule has 0 aliphatic carbocycles. The van der Waals surface area contributed by atoms with Crippen molar-refractivity contribution in [2.24, 2.45) is 12.0 Å². The van der Waals surface area contributed by atoms with Gasteiger partial charge in [-0.2, -0.15) is 0 Å². The summed E-state index contributed by atoms with van der Waals surface area (Å²) < 4.78 is 7.90. The number of aryl methyl sites for hydroxylation is 1. The highest BCUT2D eigenvalue weighted by Crippen LogP contribution is 2.20. The normalized spacial score (nSPS) is 11.3. The molecular weight excluding hydrogens is 547 g/mol. The van der Waals surface area contributed by atoms with Gasteiger partial charge >= 0.3 is 0 Å². The van der Waals surface area contributed by atoms with E-state index in [1.165, 1.54) is 15.6 Å². The predicted octanol–water partition coefficient (Wildman–Crippen LogP) is 4.66. The number of halogens is 1. The summed E-state index contributed by atoms with van der Waals surface area (Å²) in [5.41, 5.74) is 0. The molecule has 33 heavy (non-hydrogen) atoms. The highest BCUT2D eigenvalue weighted by atomic mass is 127. The Balaban J connectivity index is 0.00000306. The zero-order valence-electron chi connectivity index (χ0n) is 18.8. The van der Waals surface area contributed by atoms with E-state index in [2.05, 4.69) is 62.6 Å². The lowest BCUT2D eigenvalue weighted by Gasteiger charge is -2.13. The van der Waals surface area contributed by atoms with Crippen molar-refractivity contribution < 1.29 is 4.74 Å². The molecule has 0 aliphatic heterocycles. The van der Waals surface area contributed by atoms with Crippen LogP contribution < -0.4 is 15.4 Å². The van der Waals surface area contributed by atoms with Crippen LogP contribution in [-0.4, -0.2) is 33.9 Å². The van der Waals surface area contributed by atoms with E-state index < -0.39 is 0 Å². The first-order valence-corrected chi connectivity index (χ1v) is 11.6. The Labute approximate surface area is 215 Å². The number of aliphatic imine (C=N–C) groups is 1. The molecule has 4 rings (SSSR count). The van der Waals surface area contributed by atoms with Gasteiger partial charge in [0, 0.05) is 18.5 Å². The van der Waals surface area contributed by atoms with E-state index >= 15 is 0 Å². The van der Waals surface area contributed by atoms with Crippen molar-refractivity contribution in [1.82, 2.24) is 25.4 Å². The molecule has 2 heterocycles. The molecule has 0 amide bonds. The van der Waals surface area contributed by atoms with Crippen molar-refractivity contribution in [3.05, 3.63) is 76.5 Å². The maximum Gasteiger partial charge on any atom is 0.192 e. The van der Waals surface area contributed by atoms with Gasteiger partial charge in [0.25, 0.3) is 0 Å². The molecule has 0 fully saturated rings. The number of thiophene rings is 1. The Kier molecular flexibility index (Phi) is 9.49. The van der Waals surface area contributed by atoms with Crippen LogP contribution in [0.2, 0.25) is 0 Å². The molecule has 0 spiro atoms. The predicted molar refractivity (Wildman–Crippen MR) is 146 cm³/mol. The molecule has 2 N–H and O–H groups in total. The van der Waals surface area contributed by atoms with Gasteiger partial charge in [-0.1, -0.05) is 36.4 Å². The fourth-order valence-corrected chi connectivity index (χ4v) is 3.87. The van der Waals surface area contributed by atoms with Crippen LogP contribution >= 0.6 is 35.3 Å². The van der Waals surface area contributed by atoms with Crippen LogP contribution in [0.3, 0.4) is 0 Å². The SMILES string of the molecule is Cc1nnc(CN=C(NCCCOc2ccc3ccccc3c2)NCc2cccs2)n1C.I. The number of rotatable bonds is 9. The van der Waals surface area contributed by atoms with Gasteiger partial charge in [-0.05, 0) is 47.7 Å². The maximum absolute atomic E-state index is 5.94. The number of guanidine groups is 1. The van der Waals surface area contributed by atoms with E-state index in [9.17, 15) is 0 Å². The summed E-state index contributed by atoms with van der Waals surface area (Å²) in [6.07, 6.45) is 0.857. The zero-order valence-corrected chi connectivity index (χ0v) is 22.0. The standard InChI is InChI=1S/C24H28N6OS.HI/c1-18-28-29-23(30(18)2)17-27-24(26-16-22-9-5-14-32-22)25-12-6-13-31-21-11-10-19-7-3-4-8-20(19)15-21;/h3-5,7-11,14-15H,6,12-13,16-17H2,1-2H3,(H2,25,26,27);1H. The quantitative estimate of drug-likeness (QED) is 0.131. The average Bonchev–Trinajstić information content (AvgIpc) is 3.45. The monoisotopic (exact) mass is 576 g/mol. The second kappa shape index (κ2) is 12.5. The summed E-state index contributed by atoms with van der Waals surface area (Å²) in [6.45, 7) is 4.51. The Hall–Kier alpha value is -2.66. The molecule has 4 aromatic rings. The topological polar surface area (TPSA) is 76.4 Å². The van der Waals surface area contributed by atoms with Gasteiger partial charge in [-0.3, -0.25) is 0 Å². The Morgan fingerprint density at radius 1 is 1.06 bits per heavy atom. The van der Waals surface area contributed by atoms with E-state index in [-0.39, 0.29) is 24.0 Å². The first-order valence-electron chi connectivity index (χ1n) is 10.7. The van der Waals surface area contributed by atoms with Gasteiger partial charge in [-0.25, -0.2) is 4.99 Å². The van der Waals surface area contributed by atoms with Crippen molar-refractivity contribution in [2.75, 3.05) is 13.2 Å². The molecule has 2 aromatic carbocycles. The third-order valence-corrected chi connectivity index (χ3v) is 6.05. The minimum absolute atomic E-state index is 0. The lowest BCUT2D eigenvalue weighted by atomic mass is 10.1. The molecule has 0 saturated heterocycles. The third-order valence-electron chi connectivity index (χ3n) is 5.17. The number of hydrogen-bond acceptors (Lipinski definition) is 5. The smallest absolute Gasteiger partial charge is 0.192 e. The van der Waals surface area contributed by atoms with Crippen LogP contribution in [0, 0.1) is 6.92 Å². The molecule has 7 nitrogen and oxygen atoms in total. The van der Waals surface area contributed by atoms with Crippen molar-refractivity contribution in [2.45, 2.75) is 26.4 Å². The molecule has 0 saturated carbocycles. The minimum Gasteiger partial charge on any atom is -0.494 e. The van der Waals surface area contributed by atoms with Crippen LogP contribution in [0.15, 0.2) is 65.0 Å². The first kappa shape index (κ1) is 25.0. The van der Waals surface area contributed by atoms with E-state index in [1.807, 2.05) is 36.7 Å². The molecule has 2 aromatic heterocycles. The van der Waals surface area contributed by atoms with Crippen molar-refractivity contribution in [3.63, 3.8) is 0 Å². The van der Waals surface area contributed by atoms with Crippen molar-refractivity contribution >= 4 is 52.0 Å². The molecule has 0 radical (unpaired) electrons. The first-order chi connectivity index (χ1) is 15.7. The maximum atomic E-state index is 5.94. The van der Waals surface area contributed by atoms with Gasteiger partial charge in [0.15, 0.2) is 11.8 Å². The largest absolute Gasteiger partial charge is 0.494 e. The van der Waals surface area contributed by atoms with E-state index in [0.717, 1.165) is 42.9 Å². The van der Waals surface area contributed by atoms with Gasteiger partial charge in [0.2, 0.25) is 0 Å². The zero-order chi connectivity index (χ0) is 22.2. The summed E-state index contributed by atoms with van der Waals surface area (Å²) in [7, 11) is 1.95. The lowest BCUT2D eigenvalue weighted by Crippen LogP contribution is -2.37. The number of benzene rings is 2. The van der Waals surface area contributed by atoms with Crippen LogP contribution in [0.5, 0.6) is 5.75 Å².